The lowest BCUT2D eigenvalue weighted by molar-refractivity contribution is 0.0935. The molecule has 162 valence electrons. The third-order valence-electron chi connectivity index (χ3n) is 5.16. The predicted molar refractivity (Wildman–Crippen MR) is 125 cm³/mol. The summed E-state index contributed by atoms with van der Waals surface area (Å²) in [5, 5.41) is 3.01. The molecule has 0 saturated carbocycles. The van der Waals surface area contributed by atoms with E-state index in [1.165, 1.54) is 18.2 Å². The number of carbonyl (C=O) groups is 1. The van der Waals surface area contributed by atoms with Crippen LogP contribution in [0.5, 0.6) is 0 Å². The molecular weight excluding hydrogens is 432 g/mol. The van der Waals surface area contributed by atoms with Crippen molar-refractivity contribution >= 4 is 33.2 Å². The van der Waals surface area contributed by atoms with Gasteiger partial charge in [-0.05, 0) is 67.3 Å². The summed E-state index contributed by atoms with van der Waals surface area (Å²) >= 11 is 6.19. The molecule has 0 aromatic heterocycles. The van der Waals surface area contributed by atoms with E-state index in [1.807, 2.05) is 57.2 Å². The van der Waals surface area contributed by atoms with Gasteiger partial charge in [0.05, 0.1) is 11.1 Å². The zero-order valence-corrected chi connectivity index (χ0v) is 19.2. The Morgan fingerprint density at radius 3 is 2.32 bits per heavy atom. The van der Waals surface area contributed by atoms with Gasteiger partial charge in [-0.1, -0.05) is 54.9 Å². The fourth-order valence-corrected chi connectivity index (χ4v) is 4.79. The van der Waals surface area contributed by atoms with E-state index in [-0.39, 0.29) is 27.4 Å². The molecule has 0 bridgehead atoms. The number of benzene rings is 3. The minimum Gasteiger partial charge on any atom is -0.345 e. The Morgan fingerprint density at radius 1 is 0.968 bits per heavy atom. The quantitative estimate of drug-likeness (QED) is 0.483. The lowest BCUT2D eigenvalue weighted by Crippen LogP contribution is -2.28. The Bertz CT molecular complexity index is 1190. The van der Waals surface area contributed by atoms with Gasteiger partial charge in [0.15, 0.2) is 0 Å². The van der Waals surface area contributed by atoms with E-state index in [9.17, 15) is 13.2 Å². The van der Waals surface area contributed by atoms with Gasteiger partial charge in [0.25, 0.3) is 15.9 Å². The summed E-state index contributed by atoms with van der Waals surface area (Å²) in [5.74, 6) is -0.366. The van der Waals surface area contributed by atoms with Crippen LogP contribution in [0, 0.1) is 13.8 Å². The van der Waals surface area contributed by atoms with Crippen molar-refractivity contribution in [1.82, 2.24) is 5.32 Å². The van der Waals surface area contributed by atoms with Gasteiger partial charge in [0.1, 0.15) is 4.90 Å². The summed E-state index contributed by atoms with van der Waals surface area (Å²) < 4.78 is 28.5. The van der Waals surface area contributed by atoms with Crippen LogP contribution in [0.3, 0.4) is 0 Å². The van der Waals surface area contributed by atoms with E-state index in [4.69, 9.17) is 11.6 Å². The topological polar surface area (TPSA) is 75.3 Å². The first-order valence-corrected chi connectivity index (χ1v) is 11.8. The number of carbonyl (C=O) groups excluding carboxylic acids is 1. The number of amides is 1. The highest BCUT2D eigenvalue weighted by Gasteiger charge is 2.22. The summed E-state index contributed by atoms with van der Waals surface area (Å²) in [4.78, 5) is 12.7. The van der Waals surface area contributed by atoms with Crippen LogP contribution in [0.25, 0.3) is 0 Å². The van der Waals surface area contributed by atoms with Gasteiger partial charge in [-0.15, -0.1) is 0 Å². The molecule has 0 aliphatic carbocycles. The Hall–Kier alpha value is -2.83. The van der Waals surface area contributed by atoms with E-state index < -0.39 is 10.0 Å². The van der Waals surface area contributed by atoms with Crippen molar-refractivity contribution in [3.05, 3.63) is 94.0 Å². The van der Waals surface area contributed by atoms with Gasteiger partial charge in [-0.25, -0.2) is 8.42 Å². The van der Waals surface area contributed by atoms with Crippen LogP contribution in [0.1, 0.15) is 46.4 Å². The SMILES string of the molecule is CC[C@@H](NC(=O)c1ccc(Cl)c(S(=O)(=O)Nc2ccc(C)c(C)c2)c1)c1ccccc1. The van der Waals surface area contributed by atoms with E-state index in [1.54, 1.807) is 12.1 Å². The molecule has 0 spiro atoms. The third-order valence-corrected chi connectivity index (χ3v) is 7.02. The van der Waals surface area contributed by atoms with Crippen molar-refractivity contribution in [3.8, 4) is 0 Å². The van der Waals surface area contributed by atoms with Gasteiger partial charge in [-0.2, -0.15) is 0 Å². The number of hydrogen-bond acceptors (Lipinski definition) is 3. The second-order valence-electron chi connectivity index (χ2n) is 7.39. The molecule has 0 unspecified atom stereocenters. The van der Waals surface area contributed by atoms with Gasteiger partial charge in [0.2, 0.25) is 0 Å². The second-order valence-corrected chi connectivity index (χ2v) is 9.45. The molecule has 0 saturated heterocycles. The summed E-state index contributed by atoms with van der Waals surface area (Å²) in [6.45, 7) is 5.83. The Morgan fingerprint density at radius 2 is 1.68 bits per heavy atom. The fraction of sp³-hybridized carbons (Fsp3) is 0.208. The molecule has 0 aliphatic rings. The Kier molecular flexibility index (Phi) is 7.03. The highest BCUT2D eigenvalue weighted by atomic mass is 35.5. The first-order chi connectivity index (χ1) is 14.7. The van der Waals surface area contributed by atoms with Crippen molar-refractivity contribution in [2.75, 3.05) is 4.72 Å². The monoisotopic (exact) mass is 456 g/mol. The molecule has 5 nitrogen and oxygen atoms in total. The second kappa shape index (κ2) is 9.54. The smallest absolute Gasteiger partial charge is 0.263 e. The molecule has 0 radical (unpaired) electrons. The maximum absolute atomic E-state index is 13.0. The van der Waals surface area contributed by atoms with Crippen molar-refractivity contribution in [1.29, 1.82) is 0 Å². The summed E-state index contributed by atoms with van der Waals surface area (Å²) in [7, 11) is -3.98. The minimum absolute atomic E-state index is 0.0444. The fourth-order valence-electron chi connectivity index (χ4n) is 3.21. The maximum Gasteiger partial charge on any atom is 0.263 e. The largest absolute Gasteiger partial charge is 0.345 e. The average molecular weight is 457 g/mol. The van der Waals surface area contributed by atoms with Crippen molar-refractivity contribution in [2.45, 2.75) is 38.1 Å². The molecule has 3 aromatic carbocycles. The molecule has 0 aliphatic heterocycles. The number of aryl methyl sites for hydroxylation is 2. The third kappa shape index (κ3) is 5.46. The van der Waals surface area contributed by atoms with Crippen LogP contribution < -0.4 is 10.0 Å². The lowest BCUT2D eigenvalue weighted by atomic mass is 10.0. The Labute approximate surface area is 188 Å². The standard InChI is InChI=1S/C24H25ClN2O3S/c1-4-22(18-8-6-5-7-9-18)26-24(28)19-11-13-21(25)23(15-19)31(29,30)27-20-12-10-16(2)17(3)14-20/h5-15,22,27H,4H2,1-3H3,(H,26,28)/t22-/m1/s1. The molecule has 31 heavy (non-hydrogen) atoms. The summed E-state index contributed by atoms with van der Waals surface area (Å²) in [6.07, 6.45) is 0.697. The molecule has 3 aromatic rings. The van der Waals surface area contributed by atoms with Gasteiger partial charge >= 0.3 is 0 Å². The maximum atomic E-state index is 13.0. The number of anilines is 1. The highest BCUT2D eigenvalue weighted by molar-refractivity contribution is 7.92. The Balaban J connectivity index is 1.86. The molecule has 7 heteroatoms. The van der Waals surface area contributed by atoms with Crippen LogP contribution in [-0.2, 0) is 10.0 Å². The molecular formula is C24H25ClN2O3S. The minimum atomic E-state index is -3.98. The lowest BCUT2D eigenvalue weighted by Gasteiger charge is -2.18. The van der Waals surface area contributed by atoms with E-state index >= 15 is 0 Å². The molecule has 0 heterocycles. The first-order valence-electron chi connectivity index (χ1n) is 9.96. The molecule has 3 rings (SSSR count). The number of sulfonamides is 1. The van der Waals surface area contributed by atoms with Crippen molar-refractivity contribution < 1.29 is 13.2 Å². The van der Waals surface area contributed by atoms with Crippen LogP contribution >= 0.6 is 11.6 Å². The van der Waals surface area contributed by atoms with E-state index in [0.717, 1.165) is 16.7 Å². The molecule has 2 N–H and O–H groups in total. The number of hydrogen-bond donors (Lipinski definition) is 2. The average Bonchev–Trinajstić information content (AvgIpc) is 2.75. The van der Waals surface area contributed by atoms with Crippen LogP contribution in [0.4, 0.5) is 5.69 Å². The van der Waals surface area contributed by atoms with E-state index in [2.05, 4.69) is 10.0 Å². The van der Waals surface area contributed by atoms with Crippen LogP contribution in [-0.4, -0.2) is 14.3 Å². The molecule has 1 amide bonds. The number of rotatable bonds is 7. The zero-order valence-electron chi connectivity index (χ0n) is 17.6. The zero-order chi connectivity index (χ0) is 22.6. The summed E-state index contributed by atoms with van der Waals surface area (Å²) in [6, 6.07) is 19.0. The molecule has 0 fully saturated rings. The number of halogens is 1. The van der Waals surface area contributed by atoms with E-state index in [0.29, 0.717) is 12.1 Å². The van der Waals surface area contributed by atoms with Gasteiger partial charge < -0.3 is 5.32 Å². The van der Waals surface area contributed by atoms with Crippen LogP contribution in [0.2, 0.25) is 5.02 Å². The summed E-state index contributed by atoms with van der Waals surface area (Å²) in [5.41, 5.74) is 3.66. The predicted octanol–water partition coefficient (Wildman–Crippen LogP) is 5.64. The van der Waals surface area contributed by atoms with Gasteiger partial charge in [0, 0.05) is 11.3 Å². The first kappa shape index (κ1) is 22.8. The normalized spacial score (nSPS) is 12.3. The highest BCUT2D eigenvalue weighted by Crippen LogP contribution is 2.26. The van der Waals surface area contributed by atoms with Crippen molar-refractivity contribution in [2.24, 2.45) is 0 Å². The van der Waals surface area contributed by atoms with Crippen molar-refractivity contribution in [3.63, 3.8) is 0 Å². The van der Waals surface area contributed by atoms with Gasteiger partial charge in [-0.3, -0.25) is 9.52 Å². The molecule has 1 atom stereocenters. The number of nitrogens with one attached hydrogen (secondary N) is 2. The van der Waals surface area contributed by atoms with Crippen LogP contribution in [0.15, 0.2) is 71.6 Å².